The summed E-state index contributed by atoms with van der Waals surface area (Å²) >= 11 is 0. The van der Waals surface area contributed by atoms with Gasteiger partial charge in [0, 0.05) is 0 Å². The maximum absolute atomic E-state index is 10.6. The molecule has 0 aromatic rings. The number of carboxylic acid groups (broad SMARTS) is 1. The van der Waals surface area contributed by atoms with Gasteiger partial charge in [0.25, 0.3) is 0 Å². The van der Waals surface area contributed by atoms with Crippen LogP contribution in [0.4, 0.5) is 0 Å². The minimum atomic E-state index is -1.14. The number of unbranched alkanes of at least 4 members (excludes halogenated alkanes) is 3. The Kier molecular flexibility index (Phi) is 15.1. The molecule has 0 aromatic heterocycles. The Morgan fingerprint density at radius 1 is 1.00 bits per heavy atom. The number of ether oxygens (including phenoxy) is 1. The minimum Gasteiger partial charge on any atom is -0.481 e. The Morgan fingerprint density at radius 2 is 1.56 bits per heavy atom. The Labute approximate surface area is 98.0 Å². The highest BCUT2D eigenvalue weighted by molar-refractivity contribution is 5.90. The van der Waals surface area contributed by atoms with Crippen LogP contribution in [0.5, 0.6) is 0 Å². The molecule has 0 fully saturated rings. The zero-order chi connectivity index (χ0) is 12.8. The van der Waals surface area contributed by atoms with Crippen molar-refractivity contribution in [2.24, 2.45) is 0 Å². The summed E-state index contributed by atoms with van der Waals surface area (Å²) in [5, 5.41) is 8.19. The summed E-state index contributed by atoms with van der Waals surface area (Å²) in [6, 6.07) is 0. The van der Waals surface area contributed by atoms with E-state index in [0.29, 0.717) is 6.61 Å². The molecule has 0 aliphatic carbocycles. The number of hydrogen-bond acceptors (Lipinski definition) is 3. The van der Waals surface area contributed by atoms with Gasteiger partial charge in [0.1, 0.15) is 6.42 Å². The maximum atomic E-state index is 10.6. The Morgan fingerprint density at radius 3 is 1.94 bits per heavy atom. The summed E-state index contributed by atoms with van der Waals surface area (Å²) in [4.78, 5) is 20.6. The van der Waals surface area contributed by atoms with E-state index >= 15 is 0 Å². The molecule has 0 saturated heterocycles. The van der Waals surface area contributed by atoms with Crippen molar-refractivity contribution in [1.29, 1.82) is 0 Å². The first-order valence-corrected chi connectivity index (χ1v) is 5.95. The fraction of sp³-hybridized carbons (Fsp3) is 0.833. The predicted octanol–water partition coefficient (Wildman–Crippen LogP) is 3.00. The van der Waals surface area contributed by atoms with Crippen molar-refractivity contribution < 1.29 is 19.4 Å². The van der Waals surface area contributed by atoms with E-state index in [4.69, 9.17) is 5.11 Å². The standard InChI is InChI=1S/C8H14O4.C4H10/c1-2-3-4-5-12-8(11)6-7(9)10;1-3-4-2/h2-6H2,1H3,(H,9,10);3-4H2,1-2H3. The van der Waals surface area contributed by atoms with E-state index in [1.165, 1.54) is 12.8 Å². The summed E-state index contributed by atoms with van der Waals surface area (Å²) in [7, 11) is 0. The van der Waals surface area contributed by atoms with Crippen molar-refractivity contribution in [3.05, 3.63) is 0 Å². The first-order chi connectivity index (χ1) is 7.58. The quantitative estimate of drug-likeness (QED) is 0.416. The lowest BCUT2D eigenvalue weighted by atomic mass is 10.3. The summed E-state index contributed by atoms with van der Waals surface area (Å²) in [5.74, 6) is -1.80. The van der Waals surface area contributed by atoms with E-state index in [2.05, 4.69) is 18.6 Å². The van der Waals surface area contributed by atoms with Crippen molar-refractivity contribution in [3.63, 3.8) is 0 Å². The molecule has 0 rings (SSSR count). The molecule has 1 N–H and O–H groups in total. The second-order valence-electron chi connectivity index (χ2n) is 3.50. The zero-order valence-corrected chi connectivity index (χ0v) is 10.6. The molecule has 0 saturated carbocycles. The van der Waals surface area contributed by atoms with Crippen molar-refractivity contribution in [3.8, 4) is 0 Å². The number of hydrogen-bond donors (Lipinski definition) is 1. The number of aliphatic carboxylic acids is 1. The van der Waals surface area contributed by atoms with Gasteiger partial charge in [-0.3, -0.25) is 9.59 Å². The van der Waals surface area contributed by atoms with Gasteiger partial charge >= 0.3 is 11.9 Å². The second-order valence-corrected chi connectivity index (χ2v) is 3.50. The minimum absolute atomic E-state index is 0.333. The molecule has 0 spiro atoms. The van der Waals surface area contributed by atoms with Gasteiger partial charge in [-0.05, 0) is 6.42 Å². The molecule has 0 atom stereocenters. The van der Waals surface area contributed by atoms with Gasteiger partial charge in [0.05, 0.1) is 6.61 Å². The van der Waals surface area contributed by atoms with Crippen LogP contribution >= 0.6 is 0 Å². The Bertz CT molecular complexity index is 176. The topological polar surface area (TPSA) is 63.6 Å². The van der Waals surface area contributed by atoms with Crippen LogP contribution in [-0.2, 0) is 14.3 Å². The molecule has 0 aromatic carbocycles. The highest BCUT2D eigenvalue weighted by Gasteiger charge is 2.07. The van der Waals surface area contributed by atoms with Crippen LogP contribution in [0.2, 0.25) is 0 Å². The van der Waals surface area contributed by atoms with Gasteiger partial charge < -0.3 is 9.84 Å². The van der Waals surface area contributed by atoms with Crippen LogP contribution in [0.1, 0.15) is 59.3 Å². The second kappa shape index (κ2) is 13.9. The highest BCUT2D eigenvalue weighted by atomic mass is 16.5. The molecule has 16 heavy (non-hydrogen) atoms. The largest absolute Gasteiger partial charge is 0.481 e. The normalized spacial score (nSPS) is 8.94. The van der Waals surface area contributed by atoms with Gasteiger partial charge in [-0.15, -0.1) is 0 Å². The number of carbonyl (C=O) groups is 2. The van der Waals surface area contributed by atoms with E-state index in [9.17, 15) is 9.59 Å². The monoisotopic (exact) mass is 232 g/mol. The van der Waals surface area contributed by atoms with Crippen LogP contribution in [0.15, 0.2) is 0 Å². The molecule has 0 amide bonds. The fourth-order valence-corrected chi connectivity index (χ4v) is 0.713. The number of rotatable bonds is 7. The molecule has 96 valence electrons. The van der Waals surface area contributed by atoms with Crippen molar-refractivity contribution in [2.75, 3.05) is 6.61 Å². The SMILES string of the molecule is CCCC.CCCCCOC(=O)CC(=O)O. The molecular weight excluding hydrogens is 208 g/mol. The molecule has 0 aliphatic rings. The van der Waals surface area contributed by atoms with E-state index in [1.54, 1.807) is 0 Å². The summed E-state index contributed by atoms with van der Waals surface area (Å²) < 4.78 is 4.64. The zero-order valence-electron chi connectivity index (χ0n) is 10.6. The first kappa shape index (κ1) is 17.3. The van der Waals surface area contributed by atoms with Crippen LogP contribution in [0.3, 0.4) is 0 Å². The lowest BCUT2D eigenvalue weighted by molar-refractivity contribution is -0.151. The summed E-state index contributed by atoms with van der Waals surface area (Å²) in [6.07, 6.45) is 4.96. The van der Waals surface area contributed by atoms with E-state index in [0.717, 1.165) is 19.3 Å². The van der Waals surface area contributed by atoms with Crippen LogP contribution in [0.25, 0.3) is 0 Å². The molecule has 4 heteroatoms. The van der Waals surface area contributed by atoms with Gasteiger partial charge in [0.15, 0.2) is 0 Å². The molecular formula is C12H24O4. The Hall–Kier alpha value is -1.06. The lowest BCUT2D eigenvalue weighted by Gasteiger charge is -2.01. The third-order valence-corrected chi connectivity index (χ3v) is 1.81. The third-order valence-electron chi connectivity index (χ3n) is 1.81. The number of carboxylic acids is 1. The van der Waals surface area contributed by atoms with Gasteiger partial charge in [-0.25, -0.2) is 0 Å². The van der Waals surface area contributed by atoms with E-state index < -0.39 is 18.4 Å². The molecule has 0 heterocycles. The van der Waals surface area contributed by atoms with Crippen LogP contribution < -0.4 is 0 Å². The molecule has 0 radical (unpaired) electrons. The molecule has 0 unspecified atom stereocenters. The fourth-order valence-electron chi connectivity index (χ4n) is 0.713. The van der Waals surface area contributed by atoms with Crippen LogP contribution in [0, 0.1) is 0 Å². The van der Waals surface area contributed by atoms with Crippen molar-refractivity contribution in [2.45, 2.75) is 59.3 Å². The Balaban J connectivity index is 0. The average Bonchev–Trinajstić information content (AvgIpc) is 2.24. The molecule has 4 nitrogen and oxygen atoms in total. The van der Waals surface area contributed by atoms with Gasteiger partial charge in [-0.2, -0.15) is 0 Å². The third kappa shape index (κ3) is 18.7. The molecule has 0 bridgehead atoms. The number of esters is 1. The van der Waals surface area contributed by atoms with Crippen molar-refractivity contribution >= 4 is 11.9 Å². The van der Waals surface area contributed by atoms with Gasteiger partial charge in [0.2, 0.25) is 0 Å². The highest BCUT2D eigenvalue weighted by Crippen LogP contribution is 1.95. The van der Waals surface area contributed by atoms with Gasteiger partial charge in [-0.1, -0.05) is 46.5 Å². The van der Waals surface area contributed by atoms with Crippen molar-refractivity contribution in [1.82, 2.24) is 0 Å². The first-order valence-electron chi connectivity index (χ1n) is 5.95. The average molecular weight is 232 g/mol. The van der Waals surface area contributed by atoms with E-state index in [1.807, 2.05) is 6.92 Å². The maximum Gasteiger partial charge on any atom is 0.317 e. The predicted molar refractivity (Wildman–Crippen MR) is 63.3 cm³/mol. The molecule has 0 aliphatic heterocycles. The van der Waals surface area contributed by atoms with E-state index in [-0.39, 0.29) is 0 Å². The summed E-state index contributed by atoms with van der Waals surface area (Å²) in [6.45, 7) is 6.74. The van der Waals surface area contributed by atoms with Crippen LogP contribution in [-0.4, -0.2) is 23.7 Å². The smallest absolute Gasteiger partial charge is 0.317 e. The number of carbonyl (C=O) groups excluding carboxylic acids is 1. The summed E-state index contributed by atoms with van der Waals surface area (Å²) in [5.41, 5.74) is 0. The lowest BCUT2D eigenvalue weighted by Crippen LogP contribution is -2.11.